The fourth-order valence-electron chi connectivity index (χ4n) is 3.52. The third-order valence-electron chi connectivity index (χ3n) is 4.96. The molecular weight excluding hydrogens is 330 g/mol. The molecule has 0 radical (unpaired) electrons. The lowest BCUT2D eigenvalue weighted by Gasteiger charge is -2.37. The normalized spacial score (nSPS) is 20.9. The summed E-state index contributed by atoms with van der Waals surface area (Å²) in [6.07, 6.45) is 0.788. The van der Waals surface area contributed by atoms with E-state index in [1.807, 2.05) is 49.9 Å². The van der Waals surface area contributed by atoms with Crippen molar-refractivity contribution in [1.82, 2.24) is 15.1 Å². The van der Waals surface area contributed by atoms with Crippen molar-refractivity contribution in [3.63, 3.8) is 0 Å². The summed E-state index contributed by atoms with van der Waals surface area (Å²) in [5, 5.41) is 3.14. The van der Waals surface area contributed by atoms with Crippen LogP contribution in [0.5, 0.6) is 5.75 Å². The van der Waals surface area contributed by atoms with Crippen molar-refractivity contribution in [2.45, 2.75) is 33.2 Å². The van der Waals surface area contributed by atoms with Crippen molar-refractivity contribution in [3.8, 4) is 5.75 Å². The van der Waals surface area contributed by atoms with Crippen LogP contribution in [-0.4, -0.2) is 60.9 Å². The van der Waals surface area contributed by atoms with Crippen LogP contribution in [0.25, 0.3) is 0 Å². The summed E-state index contributed by atoms with van der Waals surface area (Å²) in [6.45, 7) is 9.67. The molecule has 1 N–H and O–H groups in total. The monoisotopic (exact) mass is 359 g/mol. The number of hydrogen-bond acceptors (Lipinski definition) is 4. The Balaban J connectivity index is 1.49. The van der Waals surface area contributed by atoms with Gasteiger partial charge in [0.1, 0.15) is 5.75 Å². The number of carbonyl (C=O) groups is 2. The van der Waals surface area contributed by atoms with E-state index in [4.69, 9.17) is 4.74 Å². The number of carbonyl (C=O) groups excluding carboxylic acids is 2. The van der Waals surface area contributed by atoms with Gasteiger partial charge in [0.2, 0.25) is 11.8 Å². The summed E-state index contributed by atoms with van der Waals surface area (Å²) in [6, 6.07) is 7.88. The summed E-state index contributed by atoms with van der Waals surface area (Å²) < 4.78 is 5.65. The maximum atomic E-state index is 12.5. The Labute approximate surface area is 155 Å². The average molecular weight is 359 g/mol. The van der Waals surface area contributed by atoms with Crippen molar-refractivity contribution in [2.24, 2.45) is 5.41 Å². The fraction of sp³-hybridized carbons (Fsp3) is 0.600. The molecule has 26 heavy (non-hydrogen) atoms. The predicted molar refractivity (Wildman–Crippen MR) is 99.9 cm³/mol. The van der Waals surface area contributed by atoms with Gasteiger partial charge >= 0.3 is 0 Å². The lowest BCUT2D eigenvalue weighted by Crippen LogP contribution is -2.53. The molecule has 6 nitrogen and oxygen atoms in total. The van der Waals surface area contributed by atoms with Crippen molar-refractivity contribution in [2.75, 3.05) is 39.3 Å². The van der Waals surface area contributed by atoms with E-state index in [-0.39, 0.29) is 23.3 Å². The van der Waals surface area contributed by atoms with E-state index >= 15 is 0 Å². The third kappa shape index (κ3) is 4.36. The average Bonchev–Trinajstić information content (AvgIpc) is 2.61. The van der Waals surface area contributed by atoms with Crippen LogP contribution in [0.2, 0.25) is 0 Å². The number of fused-ring (bicyclic) bond motifs is 1. The molecule has 1 unspecified atom stereocenters. The number of ether oxygens (including phenoxy) is 1. The summed E-state index contributed by atoms with van der Waals surface area (Å²) >= 11 is 0. The first-order chi connectivity index (χ1) is 12.3. The van der Waals surface area contributed by atoms with Gasteiger partial charge in [-0.2, -0.15) is 0 Å². The smallest absolute Gasteiger partial charge is 0.234 e. The summed E-state index contributed by atoms with van der Waals surface area (Å²) in [5.74, 6) is 1.07. The van der Waals surface area contributed by atoms with E-state index in [2.05, 4.69) is 10.2 Å². The lowest BCUT2D eigenvalue weighted by atomic mass is 9.94. The molecule has 2 aliphatic rings. The summed E-state index contributed by atoms with van der Waals surface area (Å²) in [4.78, 5) is 28.9. The van der Waals surface area contributed by atoms with Crippen LogP contribution >= 0.6 is 0 Å². The van der Waals surface area contributed by atoms with Crippen LogP contribution in [-0.2, 0) is 9.59 Å². The first-order valence-corrected chi connectivity index (χ1v) is 9.37. The van der Waals surface area contributed by atoms with E-state index in [9.17, 15) is 9.59 Å². The first-order valence-electron chi connectivity index (χ1n) is 9.37. The first kappa shape index (κ1) is 18.7. The number of para-hydroxylation sites is 1. The van der Waals surface area contributed by atoms with E-state index < -0.39 is 0 Å². The molecule has 142 valence electrons. The maximum absolute atomic E-state index is 12.5. The maximum Gasteiger partial charge on any atom is 0.234 e. The Kier molecular flexibility index (Phi) is 5.51. The quantitative estimate of drug-likeness (QED) is 0.894. The van der Waals surface area contributed by atoms with Crippen molar-refractivity contribution < 1.29 is 14.3 Å². The molecule has 1 aromatic rings. The van der Waals surface area contributed by atoms with Gasteiger partial charge in [-0.15, -0.1) is 0 Å². The molecule has 0 aliphatic carbocycles. The SMILES string of the molecule is CC(C)(C)C(=O)N1CCN(CC(=O)NC2CCOc3ccccc32)CC1. The van der Waals surface area contributed by atoms with Gasteiger partial charge in [0, 0.05) is 43.6 Å². The molecule has 6 heteroatoms. The number of amides is 2. The van der Waals surface area contributed by atoms with Crippen LogP contribution in [0.15, 0.2) is 24.3 Å². The number of hydrogen-bond donors (Lipinski definition) is 1. The molecule has 0 spiro atoms. The highest BCUT2D eigenvalue weighted by Gasteiger charge is 2.30. The van der Waals surface area contributed by atoms with Crippen molar-refractivity contribution in [1.29, 1.82) is 0 Å². The molecule has 0 bridgehead atoms. The van der Waals surface area contributed by atoms with Crippen LogP contribution in [0.3, 0.4) is 0 Å². The third-order valence-corrected chi connectivity index (χ3v) is 4.96. The minimum atomic E-state index is -0.351. The number of nitrogens with one attached hydrogen (secondary N) is 1. The van der Waals surface area contributed by atoms with Gasteiger partial charge in [-0.3, -0.25) is 14.5 Å². The molecule has 0 aromatic heterocycles. The molecule has 2 aliphatic heterocycles. The highest BCUT2D eigenvalue weighted by molar-refractivity contribution is 5.82. The Hall–Kier alpha value is -2.08. The zero-order chi connectivity index (χ0) is 18.7. The van der Waals surface area contributed by atoms with Crippen LogP contribution in [0, 0.1) is 5.41 Å². The topological polar surface area (TPSA) is 61.9 Å². The zero-order valence-electron chi connectivity index (χ0n) is 16.0. The number of rotatable bonds is 3. The van der Waals surface area contributed by atoms with Gasteiger partial charge in [0.15, 0.2) is 0 Å². The Bertz CT molecular complexity index is 661. The highest BCUT2D eigenvalue weighted by atomic mass is 16.5. The lowest BCUT2D eigenvalue weighted by molar-refractivity contribution is -0.141. The fourth-order valence-corrected chi connectivity index (χ4v) is 3.52. The van der Waals surface area contributed by atoms with Crippen LogP contribution in [0.4, 0.5) is 0 Å². The minimum absolute atomic E-state index is 0.0104. The predicted octanol–water partition coefficient (Wildman–Crippen LogP) is 1.82. The molecule has 2 amide bonds. The highest BCUT2D eigenvalue weighted by Crippen LogP contribution is 2.31. The molecule has 2 heterocycles. The van der Waals surface area contributed by atoms with Crippen LogP contribution < -0.4 is 10.1 Å². The van der Waals surface area contributed by atoms with Crippen molar-refractivity contribution >= 4 is 11.8 Å². The molecule has 1 saturated heterocycles. The molecule has 0 saturated carbocycles. The Morgan fingerprint density at radius 1 is 1.15 bits per heavy atom. The second kappa shape index (κ2) is 7.66. The van der Waals surface area contributed by atoms with E-state index in [1.165, 1.54) is 0 Å². The summed E-state index contributed by atoms with van der Waals surface area (Å²) in [7, 11) is 0. The van der Waals surface area contributed by atoms with E-state index in [0.29, 0.717) is 26.2 Å². The van der Waals surface area contributed by atoms with Gasteiger partial charge in [0.25, 0.3) is 0 Å². The second-order valence-electron chi connectivity index (χ2n) is 8.11. The minimum Gasteiger partial charge on any atom is -0.493 e. The number of benzene rings is 1. The van der Waals surface area contributed by atoms with Gasteiger partial charge < -0.3 is 15.0 Å². The number of piperazine rings is 1. The van der Waals surface area contributed by atoms with Gasteiger partial charge in [-0.1, -0.05) is 39.0 Å². The molecular formula is C20H29N3O3. The summed E-state index contributed by atoms with van der Waals surface area (Å²) in [5.41, 5.74) is 0.698. The molecule has 1 atom stereocenters. The molecule has 1 aromatic carbocycles. The zero-order valence-corrected chi connectivity index (χ0v) is 16.0. The number of nitrogens with zero attached hydrogens (tertiary/aromatic N) is 2. The van der Waals surface area contributed by atoms with Crippen LogP contribution in [0.1, 0.15) is 38.8 Å². The Morgan fingerprint density at radius 3 is 2.54 bits per heavy atom. The Morgan fingerprint density at radius 2 is 1.85 bits per heavy atom. The van der Waals surface area contributed by atoms with Crippen molar-refractivity contribution in [3.05, 3.63) is 29.8 Å². The second-order valence-corrected chi connectivity index (χ2v) is 8.11. The van der Waals surface area contributed by atoms with E-state index in [1.54, 1.807) is 0 Å². The van der Waals surface area contributed by atoms with E-state index in [0.717, 1.165) is 30.8 Å². The van der Waals surface area contributed by atoms with Gasteiger partial charge in [-0.05, 0) is 6.07 Å². The molecule has 1 fully saturated rings. The van der Waals surface area contributed by atoms with Gasteiger partial charge in [0.05, 0.1) is 19.2 Å². The van der Waals surface area contributed by atoms with Gasteiger partial charge in [-0.25, -0.2) is 0 Å². The standard InChI is InChI=1S/C20H29N3O3/c1-20(2,3)19(25)23-11-9-22(10-12-23)14-18(24)21-16-8-13-26-17-7-5-4-6-15(16)17/h4-7,16H,8-14H2,1-3H3,(H,21,24). The molecule has 3 rings (SSSR count). The largest absolute Gasteiger partial charge is 0.493 e.